The standard InChI is InChI=1S/C16H16BrN3/c1-3-20-15-7-5-12(17)9-14(15)19-16(20)11-4-6-13(18)10(2)8-11/h4-9H,3,18H2,1-2H3. The van der Waals surface area contributed by atoms with Crippen LogP contribution >= 0.6 is 15.9 Å². The fraction of sp³-hybridized carbons (Fsp3) is 0.188. The average Bonchev–Trinajstić information content (AvgIpc) is 2.79. The van der Waals surface area contributed by atoms with E-state index in [1.807, 2.05) is 25.1 Å². The lowest BCUT2D eigenvalue weighted by Gasteiger charge is -2.08. The van der Waals surface area contributed by atoms with Crippen molar-refractivity contribution in [3.8, 4) is 11.4 Å². The molecule has 2 aromatic carbocycles. The third-order valence-electron chi connectivity index (χ3n) is 3.55. The zero-order valence-electron chi connectivity index (χ0n) is 11.5. The van der Waals surface area contributed by atoms with E-state index in [1.165, 1.54) is 0 Å². The molecule has 0 saturated carbocycles. The Morgan fingerprint density at radius 3 is 2.70 bits per heavy atom. The van der Waals surface area contributed by atoms with E-state index in [1.54, 1.807) is 0 Å². The van der Waals surface area contributed by atoms with Gasteiger partial charge in [-0.3, -0.25) is 0 Å². The summed E-state index contributed by atoms with van der Waals surface area (Å²) in [6.45, 7) is 5.04. The minimum absolute atomic E-state index is 0.815. The third kappa shape index (κ3) is 2.10. The van der Waals surface area contributed by atoms with Gasteiger partial charge in [0.2, 0.25) is 0 Å². The topological polar surface area (TPSA) is 43.8 Å². The molecule has 0 amide bonds. The van der Waals surface area contributed by atoms with Crippen molar-refractivity contribution in [3.05, 3.63) is 46.4 Å². The van der Waals surface area contributed by atoms with E-state index in [0.717, 1.165) is 44.7 Å². The number of aromatic nitrogens is 2. The first-order valence-corrected chi connectivity index (χ1v) is 7.41. The normalized spacial score (nSPS) is 11.2. The summed E-state index contributed by atoms with van der Waals surface area (Å²) in [5.41, 5.74) is 11.1. The number of anilines is 1. The van der Waals surface area contributed by atoms with Gasteiger partial charge in [0.1, 0.15) is 5.82 Å². The Morgan fingerprint density at radius 1 is 1.20 bits per heavy atom. The highest BCUT2D eigenvalue weighted by atomic mass is 79.9. The van der Waals surface area contributed by atoms with Crippen LogP contribution in [0.3, 0.4) is 0 Å². The van der Waals surface area contributed by atoms with Crippen LogP contribution in [0.5, 0.6) is 0 Å². The smallest absolute Gasteiger partial charge is 0.141 e. The zero-order valence-corrected chi connectivity index (χ0v) is 13.1. The molecule has 0 bridgehead atoms. The van der Waals surface area contributed by atoms with Crippen LogP contribution in [-0.2, 0) is 6.54 Å². The highest BCUT2D eigenvalue weighted by molar-refractivity contribution is 9.10. The number of benzene rings is 2. The maximum Gasteiger partial charge on any atom is 0.141 e. The minimum Gasteiger partial charge on any atom is -0.399 e. The molecule has 0 spiro atoms. The first kappa shape index (κ1) is 13.2. The number of nitrogen functional groups attached to an aromatic ring is 1. The van der Waals surface area contributed by atoms with Gasteiger partial charge in [-0.2, -0.15) is 0 Å². The Hall–Kier alpha value is -1.81. The predicted molar refractivity (Wildman–Crippen MR) is 87.7 cm³/mol. The SMILES string of the molecule is CCn1c(-c2ccc(N)c(C)c2)nc2cc(Br)ccc21. The molecule has 3 rings (SSSR count). The number of rotatable bonds is 2. The van der Waals surface area contributed by atoms with E-state index in [4.69, 9.17) is 10.7 Å². The van der Waals surface area contributed by atoms with Crippen molar-refractivity contribution in [1.82, 2.24) is 9.55 Å². The number of halogens is 1. The summed E-state index contributed by atoms with van der Waals surface area (Å²) >= 11 is 3.50. The van der Waals surface area contributed by atoms with E-state index in [2.05, 4.69) is 45.6 Å². The zero-order chi connectivity index (χ0) is 14.3. The van der Waals surface area contributed by atoms with Gasteiger partial charge in [0.25, 0.3) is 0 Å². The molecule has 0 aliphatic carbocycles. The molecule has 0 saturated heterocycles. The Bertz CT molecular complexity index is 790. The van der Waals surface area contributed by atoms with Crippen LogP contribution in [0.2, 0.25) is 0 Å². The maximum absolute atomic E-state index is 5.90. The number of fused-ring (bicyclic) bond motifs is 1. The van der Waals surface area contributed by atoms with Crippen LogP contribution in [0.25, 0.3) is 22.4 Å². The summed E-state index contributed by atoms with van der Waals surface area (Å²) in [7, 11) is 0. The molecule has 3 aromatic rings. The van der Waals surface area contributed by atoms with Crippen molar-refractivity contribution in [3.63, 3.8) is 0 Å². The second-order valence-electron chi connectivity index (χ2n) is 4.88. The van der Waals surface area contributed by atoms with Gasteiger partial charge in [-0.1, -0.05) is 15.9 Å². The summed E-state index contributed by atoms with van der Waals surface area (Å²) in [4.78, 5) is 4.78. The lowest BCUT2D eigenvalue weighted by molar-refractivity contribution is 0.796. The second kappa shape index (κ2) is 4.94. The fourth-order valence-corrected chi connectivity index (χ4v) is 2.81. The van der Waals surface area contributed by atoms with Gasteiger partial charge in [-0.15, -0.1) is 0 Å². The van der Waals surface area contributed by atoms with E-state index < -0.39 is 0 Å². The molecular weight excluding hydrogens is 314 g/mol. The molecule has 0 radical (unpaired) electrons. The molecule has 0 unspecified atom stereocenters. The molecule has 0 fully saturated rings. The highest BCUT2D eigenvalue weighted by Gasteiger charge is 2.12. The number of nitrogens with two attached hydrogens (primary N) is 1. The molecule has 4 heteroatoms. The average molecular weight is 330 g/mol. The van der Waals surface area contributed by atoms with E-state index in [0.29, 0.717) is 0 Å². The fourth-order valence-electron chi connectivity index (χ4n) is 2.46. The molecule has 0 aliphatic heterocycles. The van der Waals surface area contributed by atoms with Gasteiger partial charge < -0.3 is 10.3 Å². The quantitative estimate of drug-likeness (QED) is 0.709. The molecule has 0 atom stereocenters. The van der Waals surface area contributed by atoms with E-state index >= 15 is 0 Å². The summed E-state index contributed by atoms with van der Waals surface area (Å²) < 4.78 is 3.28. The number of imidazole rings is 1. The second-order valence-corrected chi connectivity index (χ2v) is 5.80. The van der Waals surface area contributed by atoms with Gasteiger partial charge in [-0.05, 0) is 55.8 Å². The molecular formula is C16H16BrN3. The van der Waals surface area contributed by atoms with Crippen molar-refractivity contribution in [2.45, 2.75) is 20.4 Å². The van der Waals surface area contributed by atoms with E-state index in [-0.39, 0.29) is 0 Å². The monoisotopic (exact) mass is 329 g/mol. The van der Waals surface area contributed by atoms with Crippen molar-refractivity contribution in [1.29, 1.82) is 0 Å². The molecule has 0 aliphatic rings. The molecule has 20 heavy (non-hydrogen) atoms. The summed E-state index contributed by atoms with van der Waals surface area (Å²) in [6.07, 6.45) is 0. The van der Waals surface area contributed by atoms with Crippen molar-refractivity contribution in [2.75, 3.05) is 5.73 Å². The van der Waals surface area contributed by atoms with Crippen molar-refractivity contribution in [2.24, 2.45) is 0 Å². The first-order chi connectivity index (χ1) is 9.60. The summed E-state index contributed by atoms with van der Waals surface area (Å²) in [5.74, 6) is 0.990. The van der Waals surface area contributed by atoms with Crippen LogP contribution in [0.1, 0.15) is 12.5 Å². The largest absolute Gasteiger partial charge is 0.399 e. The molecule has 102 valence electrons. The van der Waals surface area contributed by atoms with Gasteiger partial charge in [0.15, 0.2) is 0 Å². The molecule has 1 heterocycles. The van der Waals surface area contributed by atoms with Gasteiger partial charge in [0, 0.05) is 22.3 Å². The molecule has 3 nitrogen and oxygen atoms in total. The predicted octanol–water partition coefficient (Wildman–Crippen LogP) is 4.38. The Labute approximate surface area is 126 Å². The van der Waals surface area contributed by atoms with Crippen LogP contribution in [0.4, 0.5) is 5.69 Å². The van der Waals surface area contributed by atoms with Crippen LogP contribution in [-0.4, -0.2) is 9.55 Å². The lowest BCUT2D eigenvalue weighted by Crippen LogP contribution is -1.98. The molecule has 1 aromatic heterocycles. The van der Waals surface area contributed by atoms with Gasteiger partial charge >= 0.3 is 0 Å². The van der Waals surface area contributed by atoms with Crippen LogP contribution in [0.15, 0.2) is 40.9 Å². The van der Waals surface area contributed by atoms with Crippen LogP contribution < -0.4 is 5.73 Å². The number of hydrogen-bond donors (Lipinski definition) is 1. The van der Waals surface area contributed by atoms with Crippen molar-refractivity contribution < 1.29 is 0 Å². The van der Waals surface area contributed by atoms with Crippen molar-refractivity contribution >= 4 is 32.7 Å². The number of aryl methyl sites for hydroxylation is 2. The maximum atomic E-state index is 5.90. The van der Waals surface area contributed by atoms with Gasteiger partial charge in [-0.25, -0.2) is 4.98 Å². The number of hydrogen-bond acceptors (Lipinski definition) is 2. The van der Waals surface area contributed by atoms with E-state index in [9.17, 15) is 0 Å². The summed E-state index contributed by atoms with van der Waals surface area (Å²) in [6, 6.07) is 12.3. The van der Waals surface area contributed by atoms with Gasteiger partial charge in [0.05, 0.1) is 11.0 Å². The summed E-state index contributed by atoms with van der Waals surface area (Å²) in [5, 5.41) is 0. The third-order valence-corrected chi connectivity index (χ3v) is 4.05. The van der Waals surface area contributed by atoms with Crippen LogP contribution in [0, 0.1) is 6.92 Å². The molecule has 2 N–H and O–H groups in total. The Kier molecular flexibility index (Phi) is 3.26. The first-order valence-electron chi connectivity index (χ1n) is 6.62. The lowest BCUT2D eigenvalue weighted by atomic mass is 10.1. The number of nitrogens with zero attached hydrogens (tertiary/aromatic N) is 2. The highest BCUT2D eigenvalue weighted by Crippen LogP contribution is 2.28. The Balaban J connectivity index is 2.26. The minimum atomic E-state index is 0.815. The Morgan fingerprint density at radius 2 is 2.00 bits per heavy atom.